The van der Waals surface area contributed by atoms with E-state index < -0.39 is 0 Å². The van der Waals surface area contributed by atoms with E-state index in [1.165, 1.54) is 6.33 Å². The summed E-state index contributed by atoms with van der Waals surface area (Å²) in [5, 5.41) is 7.90. The van der Waals surface area contributed by atoms with Gasteiger partial charge in [-0.2, -0.15) is 10.1 Å². The predicted molar refractivity (Wildman–Crippen MR) is 80.8 cm³/mol. The molecule has 23 heavy (non-hydrogen) atoms. The second kappa shape index (κ2) is 6.82. The molecular formula is C15H16N6O2. The van der Waals surface area contributed by atoms with Crippen LogP contribution in [0.3, 0.4) is 0 Å². The fourth-order valence-corrected chi connectivity index (χ4v) is 2.06. The first-order chi connectivity index (χ1) is 11.2. The number of aryl methyl sites for hydroxylation is 1. The standard InChI is InChI=1S/C15H16N6O2/c1-20(14(22)7-8-21-11-16-10-17-21)9-13-18-15(19-23-13)12-5-3-2-4-6-12/h2-6,10-11H,7-9H2,1H3. The Labute approximate surface area is 132 Å². The fraction of sp³-hybridized carbons (Fsp3) is 0.267. The molecule has 2 heterocycles. The molecule has 0 spiro atoms. The minimum Gasteiger partial charge on any atom is -0.337 e. The first-order valence-electron chi connectivity index (χ1n) is 7.17. The van der Waals surface area contributed by atoms with Gasteiger partial charge in [-0.05, 0) is 0 Å². The average molecular weight is 312 g/mol. The van der Waals surface area contributed by atoms with Gasteiger partial charge < -0.3 is 9.42 Å². The fourth-order valence-electron chi connectivity index (χ4n) is 2.06. The van der Waals surface area contributed by atoms with E-state index in [-0.39, 0.29) is 12.5 Å². The molecule has 1 aromatic carbocycles. The lowest BCUT2D eigenvalue weighted by Gasteiger charge is -2.14. The van der Waals surface area contributed by atoms with Gasteiger partial charge in [-0.25, -0.2) is 4.98 Å². The van der Waals surface area contributed by atoms with Crippen LogP contribution in [0, 0.1) is 0 Å². The smallest absolute Gasteiger partial charge is 0.246 e. The van der Waals surface area contributed by atoms with Crippen LogP contribution >= 0.6 is 0 Å². The molecular weight excluding hydrogens is 296 g/mol. The molecule has 2 aromatic heterocycles. The molecule has 0 saturated carbocycles. The monoisotopic (exact) mass is 312 g/mol. The lowest BCUT2D eigenvalue weighted by molar-refractivity contribution is -0.131. The second-order valence-corrected chi connectivity index (χ2v) is 5.04. The summed E-state index contributed by atoms with van der Waals surface area (Å²) in [5.41, 5.74) is 0.877. The molecule has 8 nitrogen and oxygen atoms in total. The normalized spacial score (nSPS) is 10.7. The van der Waals surface area contributed by atoms with Crippen LogP contribution < -0.4 is 0 Å². The van der Waals surface area contributed by atoms with Crippen molar-refractivity contribution < 1.29 is 9.32 Å². The highest BCUT2D eigenvalue weighted by Gasteiger charge is 2.14. The topological polar surface area (TPSA) is 89.9 Å². The molecule has 0 aliphatic rings. The summed E-state index contributed by atoms with van der Waals surface area (Å²) in [7, 11) is 1.70. The number of hydrogen-bond acceptors (Lipinski definition) is 6. The van der Waals surface area contributed by atoms with Crippen molar-refractivity contribution in [2.75, 3.05) is 7.05 Å². The first-order valence-corrected chi connectivity index (χ1v) is 7.17. The summed E-state index contributed by atoms with van der Waals surface area (Å²) < 4.78 is 6.82. The molecule has 0 atom stereocenters. The van der Waals surface area contributed by atoms with Gasteiger partial charge in [0.05, 0.1) is 13.1 Å². The van der Waals surface area contributed by atoms with Crippen molar-refractivity contribution in [3.63, 3.8) is 0 Å². The molecule has 0 radical (unpaired) electrons. The number of aromatic nitrogens is 5. The van der Waals surface area contributed by atoms with Gasteiger partial charge in [0.15, 0.2) is 0 Å². The third-order valence-electron chi connectivity index (χ3n) is 3.32. The van der Waals surface area contributed by atoms with Gasteiger partial charge in [0.2, 0.25) is 17.6 Å². The highest BCUT2D eigenvalue weighted by atomic mass is 16.5. The van der Waals surface area contributed by atoms with Gasteiger partial charge in [-0.15, -0.1) is 0 Å². The highest BCUT2D eigenvalue weighted by molar-refractivity contribution is 5.75. The Morgan fingerprint density at radius 1 is 1.30 bits per heavy atom. The Hall–Kier alpha value is -3.03. The van der Waals surface area contributed by atoms with Crippen LogP contribution in [0.25, 0.3) is 11.4 Å². The van der Waals surface area contributed by atoms with Gasteiger partial charge in [0.1, 0.15) is 12.7 Å². The van der Waals surface area contributed by atoms with Crippen molar-refractivity contribution in [1.82, 2.24) is 29.8 Å². The lowest BCUT2D eigenvalue weighted by Crippen LogP contribution is -2.27. The van der Waals surface area contributed by atoms with Gasteiger partial charge in [-0.3, -0.25) is 9.48 Å². The van der Waals surface area contributed by atoms with E-state index >= 15 is 0 Å². The van der Waals surface area contributed by atoms with Crippen LogP contribution in [0.2, 0.25) is 0 Å². The third kappa shape index (κ3) is 3.79. The molecule has 0 aliphatic carbocycles. The van der Waals surface area contributed by atoms with Crippen LogP contribution in [0.4, 0.5) is 0 Å². The number of nitrogens with zero attached hydrogens (tertiary/aromatic N) is 6. The minimum absolute atomic E-state index is 0.0278. The molecule has 0 aliphatic heterocycles. The van der Waals surface area contributed by atoms with E-state index in [2.05, 4.69) is 20.2 Å². The summed E-state index contributed by atoms with van der Waals surface area (Å²) in [4.78, 5) is 21.8. The molecule has 3 rings (SSSR count). The summed E-state index contributed by atoms with van der Waals surface area (Å²) in [6.07, 6.45) is 3.36. The molecule has 0 unspecified atom stereocenters. The van der Waals surface area contributed by atoms with Crippen molar-refractivity contribution in [2.24, 2.45) is 0 Å². The maximum Gasteiger partial charge on any atom is 0.246 e. The molecule has 8 heteroatoms. The number of carbonyl (C=O) groups is 1. The maximum atomic E-state index is 12.1. The maximum absolute atomic E-state index is 12.1. The van der Waals surface area contributed by atoms with Gasteiger partial charge in [0.25, 0.3) is 0 Å². The van der Waals surface area contributed by atoms with E-state index in [1.807, 2.05) is 30.3 Å². The van der Waals surface area contributed by atoms with Crippen molar-refractivity contribution in [1.29, 1.82) is 0 Å². The minimum atomic E-state index is -0.0278. The largest absolute Gasteiger partial charge is 0.337 e. The van der Waals surface area contributed by atoms with Crippen LogP contribution in [-0.2, 0) is 17.9 Å². The number of benzene rings is 1. The molecule has 0 fully saturated rings. The highest BCUT2D eigenvalue weighted by Crippen LogP contribution is 2.15. The Morgan fingerprint density at radius 3 is 2.87 bits per heavy atom. The molecule has 0 bridgehead atoms. The quantitative estimate of drug-likeness (QED) is 0.683. The Bertz CT molecular complexity index is 753. The van der Waals surface area contributed by atoms with E-state index in [9.17, 15) is 4.79 Å². The zero-order valence-corrected chi connectivity index (χ0v) is 12.7. The first kappa shape index (κ1) is 14.9. The Morgan fingerprint density at radius 2 is 2.13 bits per heavy atom. The SMILES string of the molecule is CN(Cc1nc(-c2ccccc2)no1)C(=O)CCn1cncn1. The number of hydrogen-bond donors (Lipinski definition) is 0. The number of carbonyl (C=O) groups excluding carboxylic acids is 1. The van der Waals surface area contributed by atoms with Crippen LogP contribution in [0.15, 0.2) is 47.5 Å². The summed E-state index contributed by atoms with van der Waals surface area (Å²) in [6.45, 7) is 0.762. The third-order valence-corrected chi connectivity index (χ3v) is 3.32. The zero-order chi connectivity index (χ0) is 16.1. The van der Waals surface area contributed by atoms with E-state index in [0.717, 1.165) is 5.56 Å². The van der Waals surface area contributed by atoms with Crippen LogP contribution in [0.5, 0.6) is 0 Å². The van der Waals surface area contributed by atoms with E-state index in [0.29, 0.717) is 24.7 Å². The zero-order valence-electron chi connectivity index (χ0n) is 12.7. The molecule has 0 saturated heterocycles. The van der Waals surface area contributed by atoms with Gasteiger partial charge in [-0.1, -0.05) is 35.5 Å². The van der Waals surface area contributed by atoms with Crippen molar-refractivity contribution in [3.05, 3.63) is 48.9 Å². The van der Waals surface area contributed by atoms with Gasteiger partial charge in [0, 0.05) is 19.0 Å². The summed E-state index contributed by atoms with van der Waals surface area (Å²) in [6, 6.07) is 9.55. The van der Waals surface area contributed by atoms with Crippen molar-refractivity contribution in [2.45, 2.75) is 19.5 Å². The van der Waals surface area contributed by atoms with E-state index in [1.54, 1.807) is 23.0 Å². The Kier molecular flexibility index (Phi) is 4.41. The molecule has 3 aromatic rings. The summed E-state index contributed by atoms with van der Waals surface area (Å²) >= 11 is 0. The number of amides is 1. The van der Waals surface area contributed by atoms with Crippen molar-refractivity contribution >= 4 is 5.91 Å². The average Bonchev–Trinajstić information content (AvgIpc) is 3.25. The number of rotatable bonds is 6. The summed E-state index contributed by atoms with van der Waals surface area (Å²) in [5.74, 6) is 0.893. The van der Waals surface area contributed by atoms with Crippen LogP contribution in [0.1, 0.15) is 12.3 Å². The lowest BCUT2D eigenvalue weighted by atomic mass is 10.2. The molecule has 0 N–H and O–H groups in total. The van der Waals surface area contributed by atoms with Gasteiger partial charge >= 0.3 is 0 Å². The predicted octanol–water partition coefficient (Wildman–Crippen LogP) is 1.38. The Balaban J connectivity index is 1.56. The molecule has 1 amide bonds. The van der Waals surface area contributed by atoms with Crippen LogP contribution in [-0.4, -0.2) is 42.8 Å². The van der Waals surface area contributed by atoms with E-state index in [4.69, 9.17) is 4.52 Å². The second-order valence-electron chi connectivity index (χ2n) is 5.04. The van der Waals surface area contributed by atoms with Crippen molar-refractivity contribution in [3.8, 4) is 11.4 Å². The molecule has 118 valence electrons.